The number of hydrogen-bond donors (Lipinski definition) is 1. The number of hydrogen-bond acceptors (Lipinski definition) is 1. The quantitative estimate of drug-likeness (QED) is 0.559. The lowest BCUT2D eigenvalue weighted by Gasteiger charge is -2.10. The first kappa shape index (κ1) is 15.0. The molecule has 0 heterocycles. The molecular formula is C15H22ClNO. The number of rotatable bonds is 8. The van der Waals surface area contributed by atoms with Crippen LogP contribution in [0.3, 0.4) is 0 Å². The van der Waals surface area contributed by atoms with Gasteiger partial charge >= 0.3 is 0 Å². The second-order valence-corrected chi connectivity index (χ2v) is 4.91. The first-order valence-corrected chi connectivity index (χ1v) is 7.16. The fourth-order valence-corrected chi connectivity index (χ4v) is 2.03. The van der Waals surface area contributed by atoms with Crippen molar-refractivity contribution < 1.29 is 4.79 Å². The van der Waals surface area contributed by atoms with Crippen LogP contribution in [0.25, 0.3) is 0 Å². The summed E-state index contributed by atoms with van der Waals surface area (Å²) >= 11 is 6.11. The van der Waals surface area contributed by atoms with Crippen LogP contribution in [-0.2, 0) is 4.79 Å². The standard InChI is InChI=1S/C15H22ClNO/c1-2-3-4-5-9-12-17-15(18)14(16)13-10-7-6-8-11-13/h6-8,10-11,14H,2-5,9,12H2,1H3,(H,17,18). The highest BCUT2D eigenvalue weighted by Gasteiger charge is 2.16. The van der Waals surface area contributed by atoms with E-state index in [2.05, 4.69) is 12.2 Å². The normalized spacial score (nSPS) is 12.1. The lowest BCUT2D eigenvalue weighted by Crippen LogP contribution is -2.27. The van der Waals surface area contributed by atoms with E-state index in [4.69, 9.17) is 11.6 Å². The van der Waals surface area contributed by atoms with Gasteiger partial charge in [-0.15, -0.1) is 11.6 Å². The molecule has 1 aromatic rings. The van der Waals surface area contributed by atoms with Gasteiger partial charge in [0.15, 0.2) is 0 Å². The Hall–Kier alpha value is -1.02. The van der Waals surface area contributed by atoms with Gasteiger partial charge in [-0.2, -0.15) is 0 Å². The number of carbonyl (C=O) groups is 1. The van der Waals surface area contributed by atoms with Crippen LogP contribution in [0.4, 0.5) is 0 Å². The maximum absolute atomic E-state index is 11.8. The van der Waals surface area contributed by atoms with E-state index in [1.54, 1.807) is 0 Å². The van der Waals surface area contributed by atoms with Crippen molar-refractivity contribution in [1.82, 2.24) is 5.32 Å². The van der Waals surface area contributed by atoms with Gasteiger partial charge in [0.1, 0.15) is 5.38 Å². The molecule has 1 N–H and O–H groups in total. The molecule has 0 radical (unpaired) electrons. The van der Waals surface area contributed by atoms with E-state index in [0.717, 1.165) is 18.5 Å². The Morgan fingerprint density at radius 1 is 1.17 bits per heavy atom. The summed E-state index contributed by atoms with van der Waals surface area (Å²) < 4.78 is 0. The number of nitrogens with one attached hydrogen (secondary N) is 1. The third kappa shape index (κ3) is 5.54. The van der Waals surface area contributed by atoms with E-state index in [1.807, 2.05) is 30.3 Å². The minimum atomic E-state index is -0.582. The Kier molecular flexibility index (Phi) is 7.51. The second-order valence-electron chi connectivity index (χ2n) is 4.48. The minimum Gasteiger partial charge on any atom is -0.355 e. The number of unbranched alkanes of at least 4 members (excludes halogenated alkanes) is 4. The topological polar surface area (TPSA) is 29.1 Å². The van der Waals surface area contributed by atoms with Crippen LogP contribution in [-0.4, -0.2) is 12.5 Å². The number of alkyl halides is 1. The monoisotopic (exact) mass is 267 g/mol. The van der Waals surface area contributed by atoms with E-state index >= 15 is 0 Å². The van der Waals surface area contributed by atoms with Crippen LogP contribution in [0.15, 0.2) is 30.3 Å². The lowest BCUT2D eigenvalue weighted by atomic mass is 10.1. The third-order valence-corrected chi connectivity index (χ3v) is 3.35. The van der Waals surface area contributed by atoms with Crippen molar-refractivity contribution in [3.05, 3.63) is 35.9 Å². The summed E-state index contributed by atoms with van der Waals surface area (Å²) in [6.07, 6.45) is 5.96. The molecule has 0 bridgehead atoms. The predicted octanol–water partition coefficient (Wildman–Crippen LogP) is 4.05. The van der Waals surface area contributed by atoms with Gasteiger partial charge in [-0.05, 0) is 12.0 Å². The molecule has 0 saturated heterocycles. The molecule has 0 aliphatic rings. The van der Waals surface area contributed by atoms with Gasteiger partial charge in [-0.25, -0.2) is 0 Å². The van der Waals surface area contributed by atoms with Crippen molar-refractivity contribution in [2.75, 3.05) is 6.54 Å². The van der Waals surface area contributed by atoms with E-state index in [0.29, 0.717) is 0 Å². The molecule has 1 unspecified atom stereocenters. The summed E-state index contributed by atoms with van der Waals surface area (Å²) in [5, 5.41) is 2.31. The molecular weight excluding hydrogens is 246 g/mol. The lowest BCUT2D eigenvalue weighted by molar-refractivity contribution is -0.120. The van der Waals surface area contributed by atoms with Crippen LogP contribution in [0.5, 0.6) is 0 Å². The highest BCUT2D eigenvalue weighted by molar-refractivity contribution is 6.30. The van der Waals surface area contributed by atoms with E-state index in [1.165, 1.54) is 25.7 Å². The summed E-state index contributed by atoms with van der Waals surface area (Å²) in [4.78, 5) is 11.8. The Morgan fingerprint density at radius 3 is 2.50 bits per heavy atom. The fraction of sp³-hybridized carbons (Fsp3) is 0.533. The van der Waals surface area contributed by atoms with Gasteiger partial charge in [-0.1, -0.05) is 62.9 Å². The van der Waals surface area contributed by atoms with Gasteiger partial charge in [0.2, 0.25) is 5.91 Å². The average Bonchev–Trinajstić information content (AvgIpc) is 2.42. The predicted molar refractivity (Wildman–Crippen MR) is 76.8 cm³/mol. The molecule has 0 aliphatic heterocycles. The van der Waals surface area contributed by atoms with Gasteiger partial charge in [-0.3, -0.25) is 4.79 Å². The van der Waals surface area contributed by atoms with Crippen molar-refractivity contribution in [2.45, 2.75) is 44.4 Å². The molecule has 18 heavy (non-hydrogen) atoms. The molecule has 2 nitrogen and oxygen atoms in total. The smallest absolute Gasteiger partial charge is 0.242 e. The molecule has 3 heteroatoms. The third-order valence-electron chi connectivity index (χ3n) is 2.90. The Bertz CT molecular complexity index is 340. The first-order chi connectivity index (χ1) is 8.75. The Labute approximate surface area is 115 Å². The fourth-order valence-electron chi connectivity index (χ4n) is 1.80. The van der Waals surface area contributed by atoms with E-state index < -0.39 is 5.38 Å². The van der Waals surface area contributed by atoms with Gasteiger partial charge in [0.05, 0.1) is 0 Å². The van der Waals surface area contributed by atoms with Crippen LogP contribution < -0.4 is 5.32 Å². The summed E-state index contributed by atoms with van der Waals surface area (Å²) in [5.74, 6) is -0.0987. The molecule has 1 rings (SSSR count). The molecule has 0 aliphatic carbocycles. The molecule has 1 aromatic carbocycles. The molecule has 1 atom stereocenters. The minimum absolute atomic E-state index is 0.0987. The highest BCUT2D eigenvalue weighted by atomic mass is 35.5. The highest BCUT2D eigenvalue weighted by Crippen LogP contribution is 2.19. The molecule has 0 spiro atoms. The zero-order valence-corrected chi connectivity index (χ0v) is 11.7. The van der Waals surface area contributed by atoms with Crippen molar-refractivity contribution in [2.24, 2.45) is 0 Å². The molecule has 100 valence electrons. The second kappa shape index (κ2) is 8.98. The number of halogens is 1. The van der Waals surface area contributed by atoms with Gasteiger partial charge in [0, 0.05) is 6.54 Å². The van der Waals surface area contributed by atoms with Gasteiger partial charge < -0.3 is 5.32 Å². The van der Waals surface area contributed by atoms with Crippen LogP contribution in [0, 0.1) is 0 Å². The van der Waals surface area contributed by atoms with E-state index in [-0.39, 0.29) is 5.91 Å². The van der Waals surface area contributed by atoms with Crippen molar-refractivity contribution >= 4 is 17.5 Å². The van der Waals surface area contributed by atoms with Crippen LogP contribution in [0.2, 0.25) is 0 Å². The zero-order valence-electron chi connectivity index (χ0n) is 11.0. The first-order valence-electron chi connectivity index (χ1n) is 6.72. The maximum atomic E-state index is 11.8. The van der Waals surface area contributed by atoms with Crippen LogP contribution in [0.1, 0.15) is 50.0 Å². The molecule has 1 amide bonds. The average molecular weight is 268 g/mol. The van der Waals surface area contributed by atoms with Gasteiger partial charge in [0.25, 0.3) is 0 Å². The van der Waals surface area contributed by atoms with Crippen molar-refractivity contribution in [3.63, 3.8) is 0 Å². The zero-order chi connectivity index (χ0) is 13.2. The molecule has 0 saturated carbocycles. The summed E-state index contributed by atoms with van der Waals surface area (Å²) in [6, 6.07) is 9.45. The summed E-state index contributed by atoms with van der Waals surface area (Å²) in [7, 11) is 0. The largest absolute Gasteiger partial charge is 0.355 e. The number of carbonyl (C=O) groups excluding carboxylic acids is 1. The maximum Gasteiger partial charge on any atom is 0.242 e. The Morgan fingerprint density at radius 2 is 1.83 bits per heavy atom. The summed E-state index contributed by atoms with van der Waals surface area (Å²) in [5.41, 5.74) is 0.850. The van der Waals surface area contributed by atoms with Crippen molar-refractivity contribution in [3.8, 4) is 0 Å². The van der Waals surface area contributed by atoms with E-state index in [9.17, 15) is 4.79 Å². The number of benzene rings is 1. The van der Waals surface area contributed by atoms with Crippen LogP contribution >= 0.6 is 11.6 Å². The molecule has 0 fully saturated rings. The Balaban J connectivity index is 2.20. The summed E-state index contributed by atoms with van der Waals surface area (Å²) in [6.45, 7) is 2.92. The SMILES string of the molecule is CCCCCCCNC(=O)C(Cl)c1ccccc1. The van der Waals surface area contributed by atoms with Crippen molar-refractivity contribution in [1.29, 1.82) is 0 Å². The molecule has 0 aromatic heterocycles. The number of amides is 1.